The smallest absolute Gasteiger partial charge is 0.240 e. The van der Waals surface area contributed by atoms with Crippen molar-refractivity contribution in [3.63, 3.8) is 0 Å². The minimum atomic E-state index is -1.52. The molecule has 1 spiro atoms. The van der Waals surface area contributed by atoms with Crippen molar-refractivity contribution in [2.45, 2.75) is 43.0 Å². The highest BCUT2D eigenvalue weighted by atomic mass is 16.7. The van der Waals surface area contributed by atoms with Gasteiger partial charge in [-0.25, -0.2) is 0 Å². The largest absolute Gasteiger partial charge is 0.508 e. The fraction of sp³-hybridized carbons (Fsp3) is 0.571. The highest BCUT2D eigenvalue weighted by Gasteiger charge is 2.56. The van der Waals surface area contributed by atoms with E-state index in [1.165, 1.54) is 6.07 Å². The van der Waals surface area contributed by atoms with E-state index in [1.807, 2.05) is 0 Å². The van der Waals surface area contributed by atoms with Crippen LogP contribution in [0.2, 0.25) is 0 Å². The van der Waals surface area contributed by atoms with E-state index >= 15 is 0 Å². The monoisotopic (exact) mass is 298 g/mol. The standard InChI is InChI=1S/C14H18O7/c15-6-10-11(17)12(18)13(19)14(21-10)4-3-7-5-8(16)1-2-9(7)20-14/h1-2,5,10-13,15-19H,3-4,6H2. The van der Waals surface area contributed by atoms with Gasteiger partial charge in [0.2, 0.25) is 5.79 Å². The molecule has 0 saturated carbocycles. The molecule has 1 aromatic carbocycles. The lowest BCUT2D eigenvalue weighted by Crippen LogP contribution is -2.68. The maximum absolute atomic E-state index is 10.2. The number of phenolic OH excluding ortho intramolecular Hbond substituents is 1. The number of fused-ring (bicyclic) bond motifs is 1. The van der Waals surface area contributed by atoms with Gasteiger partial charge in [0, 0.05) is 6.42 Å². The van der Waals surface area contributed by atoms with Gasteiger partial charge in [0.15, 0.2) is 0 Å². The third kappa shape index (κ3) is 2.27. The van der Waals surface area contributed by atoms with E-state index in [0.717, 1.165) is 5.56 Å². The van der Waals surface area contributed by atoms with E-state index in [0.29, 0.717) is 12.2 Å². The Bertz CT molecular complexity index is 532. The Morgan fingerprint density at radius 2 is 1.95 bits per heavy atom. The van der Waals surface area contributed by atoms with E-state index in [9.17, 15) is 25.5 Å². The summed E-state index contributed by atoms with van der Waals surface area (Å²) in [4.78, 5) is 0. The van der Waals surface area contributed by atoms with Gasteiger partial charge in [-0.1, -0.05) is 0 Å². The van der Waals surface area contributed by atoms with E-state index in [4.69, 9.17) is 9.47 Å². The molecule has 2 aliphatic heterocycles. The van der Waals surface area contributed by atoms with Crippen molar-refractivity contribution < 1.29 is 35.0 Å². The third-order valence-electron chi connectivity index (χ3n) is 4.11. The second-order valence-corrected chi connectivity index (χ2v) is 5.47. The van der Waals surface area contributed by atoms with Crippen molar-refractivity contribution in [1.82, 2.24) is 0 Å². The zero-order valence-electron chi connectivity index (χ0n) is 11.2. The van der Waals surface area contributed by atoms with E-state index in [2.05, 4.69) is 0 Å². The zero-order chi connectivity index (χ0) is 15.2. The molecular formula is C14H18O7. The minimum Gasteiger partial charge on any atom is -0.508 e. The molecule has 116 valence electrons. The van der Waals surface area contributed by atoms with Gasteiger partial charge in [-0.05, 0) is 30.2 Å². The Morgan fingerprint density at radius 3 is 2.67 bits per heavy atom. The predicted octanol–water partition coefficient (Wildman–Crippen LogP) is -1.11. The minimum absolute atomic E-state index is 0.113. The SMILES string of the molecule is OCC1OC2(CCc3cc(O)ccc3O2)C(O)C(O)C1O. The molecule has 7 heteroatoms. The summed E-state index contributed by atoms with van der Waals surface area (Å²) in [5, 5.41) is 48.6. The molecule has 2 aliphatic rings. The molecule has 7 nitrogen and oxygen atoms in total. The average Bonchev–Trinajstić information content (AvgIpc) is 2.49. The lowest BCUT2D eigenvalue weighted by Gasteiger charge is -2.49. The first-order valence-electron chi connectivity index (χ1n) is 6.80. The zero-order valence-corrected chi connectivity index (χ0v) is 11.2. The maximum atomic E-state index is 10.2. The third-order valence-corrected chi connectivity index (χ3v) is 4.11. The molecule has 0 aliphatic carbocycles. The molecule has 2 heterocycles. The lowest BCUT2D eigenvalue weighted by atomic mass is 9.87. The van der Waals surface area contributed by atoms with Gasteiger partial charge in [0.25, 0.3) is 0 Å². The van der Waals surface area contributed by atoms with E-state index in [-0.39, 0.29) is 12.2 Å². The number of ether oxygens (including phenoxy) is 2. The Balaban J connectivity index is 1.92. The molecule has 1 aromatic rings. The highest BCUT2D eigenvalue weighted by molar-refractivity contribution is 5.41. The van der Waals surface area contributed by atoms with Crippen molar-refractivity contribution >= 4 is 0 Å². The van der Waals surface area contributed by atoms with Crippen molar-refractivity contribution in [3.8, 4) is 11.5 Å². The van der Waals surface area contributed by atoms with Gasteiger partial charge < -0.3 is 35.0 Å². The number of phenols is 1. The molecule has 1 fully saturated rings. The number of aromatic hydroxyl groups is 1. The molecule has 1 saturated heterocycles. The van der Waals surface area contributed by atoms with Crippen LogP contribution in [0, 0.1) is 0 Å². The number of aliphatic hydroxyl groups excluding tert-OH is 4. The normalized spacial score (nSPS) is 38.9. The summed E-state index contributed by atoms with van der Waals surface area (Å²) in [7, 11) is 0. The summed E-state index contributed by atoms with van der Waals surface area (Å²) in [6.45, 7) is -0.501. The molecule has 5 unspecified atom stereocenters. The van der Waals surface area contributed by atoms with Gasteiger partial charge in [-0.15, -0.1) is 0 Å². The Kier molecular flexibility index (Phi) is 3.54. The van der Waals surface area contributed by atoms with Crippen molar-refractivity contribution in [2.75, 3.05) is 6.61 Å². The van der Waals surface area contributed by atoms with Crippen LogP contribution in [0.3, 0.4) is 0 Å². The maximum Gasteiger partial charge on any atom is 0.240 e. The highest BCUT2D eigenvalue weighted by Crippen LogP contribution is 2.41. The summed E-state index contributed by atoms with van der Waals surface area (Å²) in [6.07, 6.45) is -4.67. The number of aliphatic hydroxyl groups is 4. The molecule has 5 N–H and O–H groups in total. The van der Waals surface area contributed by atoms with Gasteiger partial charge in [0.05, 0.1) is 6.61 Å². The van der Waals surface area contributed by atoms with Crippen LogP contribution in [0.1, 0.15) is 12.0 Å². The summed E-state index contributed by atoms with van der Waals surface area (Å²) < 4.78 is 11.3. The molecule has 0 amide bonds. The Hall–Kier alpha value is -1.38. The summed E-state index contributed by atoms with van der Waals surface area (Å²) in [6, 6.07) is 4.56. The number of hydrogen-bond acceptors (Lipinski definition) is 7. The van der Waals surface area contributed by atoms with Gasteiger partial charge >= 0.3 is 0 Å². The quantitative estimate of drug-likeness (QED) is 0.446. The molecule has 0 aromatic heterocycles. The predicted molar refractivity (Wildman–Crippen MR) is 69.8 cm³/mol. The van der Waals surface area contributed by atoms with Gasteiger partial charge in [-0.3, -0.25) is 0 Å². The van der Waals surface area contributed by atoms with Crippen LogP contribution in [0.5, 0.6) is 11.5 Å². The molecule has 5 atom stereocenters. The molecule has 3 rings (SSSR count). The van der Waals surface area contributed by atoms with Crippen LogP contribution < -0.4 is 4.74 Å². The first-order chi connectivity index (χ1) is 9.97. The van der Waals surface area contributed by atoms with Crippen molar-refractivity contribution in [3.05, 3.63) is 23.8 Å². The van der Waals surface area contributed by atoms with Crippen LogP contribution in [-0.4, -0.2) is 62.3 Å². The van der Waals surface area contributed by atoms with Crippen molar-refractivity contribution in [2.24, 2.45) is 0 Å². The topological polar surface area (TPSA) is 120 Å². The number of rotatable bonds is 1. The molecule has 21 heavy (non-hydrogen) atoms. The van der Waals surface area contributed by atoms with Crippen LogP contribution >= 0.6 is 0 Å². The van der Waals surface area contributed by atoms with E-state index < -0.39 is 36.8 Å². The fourth-order valence-electron chi connectivity index (χ4n) is 2.91. The summed E-state index contributed by atoms with van der Waals surface area (Å²) in [5.41, 5.74) is 0.762. The van der Waals surface area contributed by atoms with Gasteiger partial charge in [-0.2, -0.15) is 0 Å². The van der Waals surface area contributed by atoms with Crippen molar-refractivity contribution in [1.29, 1.82) is 0 Å². The number of aryl methyl sites for hydroxylation is 1. The van der Waals surface area contributed by atoms with Gasteiger partial charge in [0.1, 0.15) is 35.9 Å². The number of hydrogen-bond donors (Lipinski definition) is 5. The first-order valence-corrected chi connectivity index (χ1v) is 6.80. The summed E-state index contributed by atoms with van der Waals surface area (Å²) in [5.74, 6) is -0.976. The number of benzene rings is 1. The summed E-state index contributed by atoms with van der Waals surface area (Å²) >= 11 is 0. The fourth-order valence-corrected chi connectivity index (χ4v) is 2.91. The average molecular weight is 298 g/mol. The van der Waals surface area contributed by atoms with E-state index in [1.54, 1.807) is 12.1 Å². The van der Waals surface area contributed by atoms with Crippen LogP contribution in [0.15, 0.2) is 18.2 Å². The lowest BCUT2D eigenvalue weighted by molar-refractivity contribution is -0.342. The first kappa shape index (κ1) is 14.6. The molecular weight excluding hydrogens is 280 g/mol. The van der Waals surface area contributed by atoms with Crippen LogP contribution in [-0.2, 0) is 11.2 Å². The van der Waals surface area contributed by atoms with Crippen LogP contribution in [0.25, 0.3) is 0 Å². The second-order valence-electron chi connectivity index (χ2n) is 5.47. The Morgan fingerprint density at radius 1 is 1.19 bits per heavy atom. The Labute approximate surface area is 121 Å². The second kappa shape index (κ2) is 5.11. The van der Waals surface area contributed by atoms with Crippen LogP contribution in [0.4, 0.5) is 0 Å². The molecule has 0 bridgehead atoms. The molecule has 0 radical (unpaired) electrons.